The minimum atomic E-state index is -0.712. The molecule has 1 aliphatic carbocycles. The Balaban J connectivity index is 1.45. The molecule has 0 bridgehead atoms. The first-order valence-electron chi connectivity index (χ1n) is 10.4. The quantitative estimate of drug-likeness (QED) is 0.221. The smallest absolute Gasteiger partial charge is 0.338 e. The third-order valence-electron chi connectivity index (χ3n) is 6.00. The number of amides is 2. The highest BCUT2D eigenvalue weighted by Crippen LogP contribution is 2.44. The molecule has 9 heteroatoms. The molecule has 2 aromatic rings. The van der Waals surface area contributed by atoms with E-state index in [1.165, 1.54) is 24.1 Å². The summed E-state index contributed by atoms with van der Waals surface area (Å²) in [5.74, 6) is -1.73. The van der Waals surface area contributed by atoms with E-state index >= 15 is 0 Å². The third kappa shape index (κ3) is 4.75. The lowest BCUT2D eigenvalue weighted by molar-refractivity contribution is -0.122. The number of fused-ring (bicyclic) bond motifs is 1. The minimum Gasteiger partial charge on any atom is -0.497 e. The van der Waals surface area contributed by atoms with E-state index in [1.54, 1.807) is 36.4 Å². The van der Waals surface area contributed by atoms with Gasteiger partial charge in [-0.15, -0.1) is 0 Å². The minimum absolute atomic E-state index is 0.111. The summed E-state index contributed by atoms with van der Waals surface area (Å²) < 4.78 is 10.2. The number of nitrogens with zero attached hydrogens (tertiary/aromatic N) is 1. The molecule has 2 amide bonds. The molecule has 2 aromatic carbocycles. The van der Waals surface area contributed by atoms with Gasteiger partial charge in [-0.1, -0.05) is 37.9 Å². The summed E-state index contributed by atoms with van der Waals surface area (Å²) in [6.07, 6.45) is 1.13. The van der Waals surface area contributed by atoms with Gasteiger partial charge in [0.05, 0.1) is 30.2 Å². The van der Waals surface area contributed by atoms with Crippen LogP contribution in [0.2, 0.25) is 0 Å². The molecule has 0 radical (unpaired) electrons. The molecule has 2 fully saturated rings. The topological polar surface area (TPSA) is 90.0 Å². The highest BCUT2D eigenvalue weighted by molar-refractivity contribution is 9.12. The highest BCUT2D eigenvalue weighted by atomic mass is 79.9. The number of imide groups is 1. The molecule has 0 unspecified atom stereocenters. The number of hydrogen-bond donors (Lipinski definition) is 0. The summed E-state index contributed by atoms with van der Waals surface area (Å²) in [4.78, 5) is 52.3. The lowest BCUT2D eigenvalue weighted by atomic mass is 9.81. The fourth-order valence-corrected chi connectivity index (χ4v) is 5.43. The Labute approximate surface area is 207 Å². The Hall–Kier alpha value is -2.52. The Kier molecular flexibility index (Phi) is 6.99. The van der Waals surface area contributed by atoms with E-state index in [9.17, 15) is 19.2 Å². The van der Waals surface area contributed by atoms with E-state index in [1.807, 2.05) is 0 Å². The van der Waals surface area contributed by atoms with Crippen LogP contribution >= 0.6 is 31.9 Å². The monoisotopic (exact) mass is 577 g/mol. The second-order valence-corrected chi connectivity index (χ2v) is 10.4. The third-order valence-corrected chi connectivity index (χ3v) is 8.73. The van der Waals surface area contributed by atoms with E-state index in [2.05, 4.69) is 31.9 Å². The molecule has 1 heterocycles. The number of benzene rings is 2. The van der Waals surface area contributed by atoms with Gasteiger partial charge in [-0.25, -0.2) is 4.79 Å². The van der Waals surface area contributed by atoms with Crippen molar-refractivity contribution in [1.82, 2.24) is 0 Å². The molecular formula is C24H21Br2NO6. The number of hydrogen-bond acceptors (Lipinski definition) is 6. The van der Waals surface area contributed by atoms with Crippen LogP contribution in [0.5, 0.6) is 5.75 Å². The summed E-state index contributed by atoms with van der Waals surface area (Å²) in [5, 5.41) is 0. The number of alkyl halides is 2. The van der Waals surface area contributed by atoms with Gasteiger partial charge in [0.25, 0.3) is 0 Å². The van der Waals surface area contributed by atoms with Crippen LogP contribution in [0.1, 0.15) is 33.6 Å². The molecule has 4 rings (SSSR count). The van der Waals surface area contributed by atoms with Crippen molar-refractivity contribution in [2.75, 3.05) is 18.6 Å². The van der Waals surface area contributed by atoms with Gasteiger partial charge >= 0.3 is 5.97 Å². The van der Waals surface area contributed by atoms with Gasteiger partial charge in [0.2, 0.25) is 11.8 Å². The molecule has 172 valence electrons. The number of methoxy groups -OCH3 is 1. The summed E-state index contributed by atoms with van der Waals surface area (Å²) >= 11 is 7.15. The van der Waals surface area contributed by atoms with E-state index in [0.717, 1.165) is 0 Å². The Morgan fingerprint density at radius 2 is 1.55 bits per heavy atom. The van der Waals surface area contributed by atoms with Crippen LogP contribution in [0.4, 0.5) is 5.69 Å². The number of anilines is 1. The maximum atomic E-state index is 13.0. The molecule has 4 atom stereocenters. The maximum absolute atomic E-state index is 13.0. The van der Waals surface area contributed by atoms with E-state index in [-0.39, 0.29) is 44.7 Å². The van der Waals surface area contributed by atoms with Crippen LogP contribution < -0.4 is 9.64 Å². The summed E-state index contributed by atoms with van der Waals surface area (Å²) in [6, 6.07) is 12.6. The Bertz CT molecular complexity index is 1070. The van der Waals surface area contributed by atoms with Crippen molar-refractivity contribution >= 4 is 61.1 Å². The SMILES string of the molecule is COc1ccc(C(=O)COC(=O)c2cccc(N3C(=O)[C@H]4C[C@@H](Br)[C@H](Br)C[C@@H]4C3=O)c2)cc1. The van der Waals surface area contributed by atoms with Crippen LogP contribution in [0.25, 0.3) is 0 Å². The van der Waals surface area contributed by atoms with Crippen LogP contribution in [-0.2, 0) is 14.3 Å². The normalized spacial score (nSPS) is 24.4. The standard InChI is InChI=1S/C24H21Br2NO6/c1-32-16-7-5-13(6-8-16)21(28)12-33-24(31)14-3-2-4-15(9-14)27-22(29)17-10-19(25)20(26)11-18(17)23(27)30/h2-9,17-20H,10-12H2,1H3/t17-,18-,19+,20+/m0/s1. The summed E-state index contributed by atoms with van der Waals surface area (Å²) in [5.41, 5.74) is 0.873. The number of esters is 1. The fraction of sp³-hybridized carbons (Fsp3) is 0.333. The summed E-state index contributed by atoms with van der Waals surface area (Å²) in [7, 11) is 1.53. The van der Waals surface area contributed by atoms with Gasteiger partial charge in [-0.05, 0) is 55.3 Å². The molecule has 2 aliphatic rings. The zero-order chi connectivity index (χ0) is 23.7. The molecular weight excluding hydrogens is 558 g/mol. The van der Waals surface area contributed by atoms with E-state index in [0.29, 0.717) is 29.8 Å². The van der Waals surface area contributed by atoms with Gasteiger partial charge < -0.3 is 9.47 Å². The largest absolute Gasteiger partial charge is 0.497 e. The van der Waals surface area contributed by atoms with Crippen LogP contribution in [0.3, 0.4) is 0 Å². The van der Waals surface area contributed by atoms with Crippen molar-refractivity contribution < 1.29 is 28.7 Å². The lowest BCUT2D eigenvalue weighted by Crippen LogP contribution is -2.34. The van der Waals surface area contributed by atoms with Gasteiger partial charge in [0, 0.05) is 15.2 Å². The second kappa shape index (κ2) is 9.77. The van der Waals surface area contributed by atoms with Crippen molar-refractivity contribution in [3.05, 3.63) is 59.7 Å². The first kappa shape index (κ1) is 23.6. The van der Waals surface area contributed by atoms with Crippen LogP contribution in [0.15, 0.2) is 48.5 Å². The molecule has 0 aromatic heterocycles. The first-order chi connectivity index (χ1) is 15.8. The average Bonchev–Trinajstić information content (AvgIpc) is 3.06. The van der Waals surface area contributed by atoms with Gasteiger partial charge in [0.1, 0.15) is 5.75 Å². The van der Waals surface area contributed by atoms with Crippen molar-refractivity contribution in [2.24, 2.45) is 11.8 Å². The lowest BCUT2D eigenvalue weighted by Gasteiger charge is -2.29. The van der Waals surface area contributed by atoms with Gasteiger partial charge in [-0.3, -0.25) is 19.3 Å². The fourth-order valence-electron chi connectivity index (χ4n) is 4.20. The highest BCUT2D eigenvalue weighted by Gasteiger charge is 2.52. The zero-order valence-electron chi connectivity index (χ0n) is 17.7. The molecule has 1 saturated carbocycles. The molecule has 1 aliphatic heterocycles. The van der Waals surface area contributed by atoms with Crippen molar-refractivity contribution in [3.63, 3.8) is 0 Å². The number of ketones is 1. The Morgan fingerprint density at radius 1 is 0.939 bits per heavy atom. The molecule has 0 N–H and O–H groups in total. The predicted octanol–water partition coefficient (Wildman–Crippen LogP) is 4.16. The predicted molar refractivity (Wildman–Crippen MR) is 128 cm³/mol. The van der Waals surface area contributed by atoms with Crippen molar-refractivity contribution in [2.45, 2.75) is 22.5 Å². The van der Waals surface area contributed by atoms with E-state index < -0.39 is 12.6 Å². The molecule has 1 saturated heterocycles. The maximum Gasteiger partial charge on any atom is 0.338 e. The number of halogens is 2. The second-order valence-electron chi connectivity index (χ2n) is 8.01. The van der Waals surface area contributed by atoms with Crippen LogP contribution in [0, 0.1) is 11.8 Å². The average molecular weight is 579 g/mol. The number of carbonyl (C=O) groups is 4. The molecule has 7 nitrogen and oxygen atoms in total. The zero-order valence-corrected chi connectivity index (χ0v) is 20.9. The van der Waals surface area contributed by atoms with E-state index in [4.69, 9.17) is 9.47 Å². The number of rotatable bonds is 6. The van der Waals surface area contributed by atoms with Crippen LogP contribution in [-0.4, -0.2) is 46.9 Å². The molecule has 0 spiro atoms. The van der Waals surface area contributed by atoms with Gasteiger partial charge in [0.15, 0.2) is 12.4 Å². The molecule has 33 heavy (non-hydrogen) atoms. The number of ether oxygens (including phenoxy) is 2. The number of Topliss-reactive ketones (excluding diaryl/α,β-unsaturated/α-hetero) is 1. The van der Waals surface area contributed by atoms with Gasteiger partial charge in [-0.2, -0.15) is 0 Å². The Morgan fingerprint density at radius 3 is 2.12 bits per heavy atom. The van der Waals surface area contributed by atoms with Crippen molar-refractivity contribution in [3.8, 4) is 5.75 Å². The number of carbonyl (C=O) groups excluding carboxylic acids is 4. The summed E-state index contributed by atoms with van der Waals surface area (Å²) in [6.45, 7) is -0.430. The van der Waals surface area contributed by atoms with Crippen molar-refractivity contribution in [1.29, 1.82) is 0 Å². The first-order valence-corrected chi connectivity index (χ1v) is 12.2.